The molecule has 15 heteroatoms. The molecule has 0 aromatic heterocycles. The summed E-state index contributed by atoms with van der Waals surface area (Å²) in [6, 6.07) is 16.7. The molecule has 792 valence electrons. The number of carbonyl (C=O) groups excluding carboxylic acids is 8. The van der Waals surface area contributed by atoms with Gasteiger partial charge in [-0.15, -0.1) is 19.6 Å². The molecule has 2 aromatic carbocycles. The van der Waals surface area contributed by atoms with E-state index in [-0.39, 0.29) is 60.1 Å². The molecule has 0 aliphatic heterocycles. The number of amides is 3. The van der Waals surface area contributed by atoms with Gasteiger partial charge in [0, 0.05) is 58.3 Å². The van der Waals surface area contributed by atoms with Gasteiger partial charge in [0.15, 0.2) is 11.6 Å². The molecule has 0 radical (unpaired) electrons. The van der Waals surface area contributed by atoms with Gasteiger partial charge in [-0.25, -0.2) is 18.8 Å². The molecule has 1 aliphatic carbocycles. The maximum atomic E-state index is 12.3. The number of halogens is 1. The number of ether oxygens (including phenoxy) is 3. The Balaban J connectivity index is -0.0000000545. The molecule has 0 heterocycles. The van der Waals surface area contributed by atoms with E-state index >= 15 is 0 Å². The normalized spacial score (nSPS) is 9.88. The molecule has 0 spiro atoms. The minimum absolute atomic E-state index is 0. The number of rotatable bonds is 19. The summed E-state index contributed by atoms with van der Waals surface area (Å²) in [5.74, 6) is 3.39. The minimum atomic E-state index is -0.391. The number of methoxy groups -OCH3 is 1. The molecule has 1 aliphatic rings. The molecule has 0 bridgehead atoms. The van der Waals surface area contributed by atoms with Crippen molar-refractivity contribution in [1.82, 2.24) is 9.80 Å². The summed E-state index contributed by atoms with van der Waals surface area (Å²) in [4.78, 5) is 86.7. The second-order valence-electron chi connectivity index (χ2n) is 28.9. The Morgan fingerprint density at radius 3 is 1.00 bits per heavy atom. The van der Waals surface area contributed by atoms with Crippen molar-refractivity contribution in [2.75, 3.05) is 40.9 Å². The Kier molecular flexibility index (Phi) is 227. The van der Waals surface area contributed by atoms with Crippen LogP contribution < -0.4 is 5.73 Å². The van der Waals surface area contributed by atoms with E-state index in [1.165, 1.54) is 103 Å². The van der Waals surface area contributed by atoms with Crippen molar-refractivity contribution in [2.24, 2.45) is 17.6 Å². The Hall–Kier alpha value is -11.1. The van der Waals surface area contributed by atoms with Crippen molar-refractivity contribution < 1.29 is 57.0 Å². The standard InChI is InChI=1S/C9H9F.C9H10.C8H15NO.C8H14O2.C7H12O.C6H11NO.C6H10O2.C6H10O.C6H10.C5H8O2.C5H10.C5H8.C5H6.C4H7NO.C4H8.C4H10.C4H8.C4H10.2C4H8.C3H8.C3H6.C2H6.CH4/c1-2-3-8-4-6-9(10)7-5-8;1-2-6-9-7-4-3-5-8-9;1-4-7-8(10)9(5-2)6-3;1-5-6-7(9)10-8(2,3)4;1-3-5-7(8)6-4-2;1-4-5-6(8)7(2)3;1-3-5-6(7)8-4-2;1-3-5-6(7)4-2;1-3-5-6-4-2;1-3-4-5(6)7-2;1-4-5(2)3;2*1-3-5-4-2;1-2-3-4(5)6;1-4-2-3-4;2*1-4(2)3;3*1-3-4-2;2*1-3-2;1-2;/h2-7H,1H3;2-8H,1H3;4,7H,5-6H2,1-3H3;5-6H,1-4H3;3,5H,4,6H2,1-2H3;4-5H,1-3H3;3,5H,4H2,1-2H3;3,5H,4H2,1-2H3;3-6H,1-2H3;3-4H,1-2H3;4H,1-3H3;3-5H,1H2,2H3;1,4-5H,2H3;2-3H,1H3,(H2,5,6);4H,2-3H2,1H3;4H,1-3H3;1H2,2-3H3;3-4H2,1-2H3;2*3-4H,1-2H3;3H2,1-2H3;3H,1H2,2H3;1-2H3;1H4/b3-2+;6-2+;7-4+;6-5+;5-3+;5-4+;2*5-3+;5-3+,6-4+;4-3+;;2*5-4+;3-2+;;;;;4-3+;4-3-;;;;. The summed E-state index contributed by atoms with van der Waals surface area (Å²) in [6.45, 7) is 95.2. The van der Waals surface area contributed by atoms with E-state index in [4.69, 9.17) is 11.2 Å². The highest BCUT2D eigenvalue weighted by molar-refractivity contribution is 5.90. The van der Waals surface area contributed by atoms with Gasteiger partial charge in [0.25, 0.3) is 0 Å². The van der Waals surface area contributed by atoms with Gasteiger partial charge in [-0.05, 0) is 286 Å². The van der Waals surface area contributed by atoms with Crippen LogP contribution >= 0.6 is 0 Å². The fraction of sp³-hybridized carbons (Fsp3) is 0.492. The van der Waals surface area contributed by atoms with Gasteiger partial charge in [-0.2, -0.15) is 0 Å². The van der Waals surface area contributed by atoms with E-state index in [0.717, 1.165) is 36.9 Å². The Bertz CT molecular complexity index is 3330. The van der Waals surface area contributed by atoms with E-state index in [2.05, 4.69) is 134 Å². The van der Waals surface area contributed by atoms with Crippen molar-refractivity contribution in [3.63, 3.8) is 0 Å². The van der Waals surface area contributed by atoms with Crippen molar-refractivity contribution in [2.45, 2.75) is 355 Å². The monoisotopic (exact) mass is 1920 g/mol. The maximum Gasteiger partial charge on any atom is 0.330 e. The van der Waals surface area contributed by atoms with Crippen LogP contribution in [-0.4, -0.2) is 103 Å². The lowest BCUT2D eigenvalue weighted by atomic mass is 10.2. The van der Waals surface area contributed by atoms with E-state index in [1.54, 1.807) is 151 Å². The van der Waals surface area contributed by atoms with Crippen LogP contribution in [0.25, 0.3) is 12.2 Å². The number of esters is 3. The van der Waals surface area contributed by atoms with Crippen LogP contribution in [-0.2, 0) is 52.6 Å². The molecule has 0 unspecified atom stereocenters. The fourth-order valence-corrected chi connectivity index (χ4v) is 5.21. The highest BCUT2D eigenvalue weighted by Gasteiger charge is 2.14. The zero-order chi connectivity index (χ0) is 111. The van der Waals surface area contributed by atoms with Gasteiger partial charge in [-0.3, -0.25) is 24.0 Å². The second kappa shape index (κ2) is 174. The predicted octanol–water partition coefficient (Wildman–Crippen LogP) is 35.9. The Labute approximate surface area is 850 Å². The molecule has 14 nitrogen and oxygen atoms in total. The molecule has 2 aromatic rings. The van der Waals surface area contributed by atoms with Gasteiger partial charge < -0.3 is 29.7 Å². The summed E-state index contributed by atoms with van der Waals surface area (Å²) < 4.78 is 26.1. The third kappa shape index (κ3) is 303. The number of hydrogen-bond acceptors (Lipinski definition) is 11. The first-order valence-electron chi connectivity index (χ1n) is 48.0. The lowest BCUT2D eigenvalue weighted by molar-refractivity contribution is -0.148. The number of benzene rings is 2. The summed E-state index contributed by atoms with van der Waals surface area (Å²) in [7, 11) is 4.80. The minimum Gasteiger partial charge on any atom is -0.466 e. The summed E-state index contributed by atoms with van der Waals surface area (Å²) in [6.07, 6.45) is 76.1. The molecule has 137 heavy (non-hydrogen) atoms. The second-order valence-corrected chi connectivity index (χ2v) is 28.9. The molecular weight excluding hydrogens is 1700 g/mol. The summed E-state index contributed by atoms with van der Waals surface area (Å²) in [5, 5.41) is 0. The van der Waals surface area contributed by atoms with Crippen molar-refractivity contribution in [1.29, 1.82) is 0 Å². The molecule has 1 fully saturated rings. The quantitative estimate of drug-likeness (QED) is 0.0351. The number of hydrogen-bond donors (Lipinski definition) is 1. The molecular formula is C122H216FN3O11. The van der Waals surface area contributed by atoms with Gasteiger partial charge in [0.1, 0.15) is 11.4 Å². The zero-order valence-electron chi connectivity index (χ0n) is 95.9. The van der Waals surface area contributed by atoms with Crippen molar-refractivity contribution in [3.8, 4) is 12.3 Å². The largest absolute Gasteiger partial charge is 0.466 e. The Morgan fingerprint density at radius 2 is 0.818 bits per heavy atom. The predicted molar refractivity (Wildman–Crippen MR) is 621 cm³/mol. The molecule has 0 atom stereocenters. The van der Waals surface area contributed by atoms with Gasteiger partial charge in [0.05, 0.1) is 13.7 Å². The third-order valence-electron chi connectivity index (χ3n) is 11.9. The van der Waals surface area contributed by atoms with Crippen molar-refractivity contribution in [3.05, 3.63) is 303 Å². The van der Waals surface area contributed by atoms with E-state index in [1.807, 2.05) is 290 Å². The van der Waals surface area contributed by atoms with Crippen LogP contribution in [0.1, 0.15) is 361 Å². The number of unbranched alkanes of at least 4 members (excludes halogenated alkanes) is 1. The van der Waals surface area contributed by atoms with E-state index in [0.29, 0.717) is 19.4 Å². The van der Waals surface area contributed by atoms with E-state index < -0.39 is 5.91 Å². The number of primary amides is 1. The number of nitrogens with zero attached hydrogens (tertiary/aromatic N) is 2. The van der Waals surface area contributed by atoms with Crippen LogP contribution in [0, 0.1) is 30.0 Å². The fourth-order valence-electron chi connectivity index (χ4n) is 5.21. The average Bonchev–Trinajstić information content (AvgIpc) is 1.93. The van der Waals surface area contributed by atoms with Crippen molar-refractivity contribution >= 4 is 59.3 Å². The van der Waals surface area contributed by atoms with Crippen LogP contribution in [0.5, 0.6) is 0 Å². The topological polar surface area (TPSA) is 197 Å². The SMILES string of the molecule is C.C#C/C=C/C.C/C=C/C.C/C=C/C(=O)CC.C/C=C/C(=O)CCC.C/C=C/C(=O)N(C)C.C/C=C/C(=O)N(CC)CC.C/C=C/C(=O)OC.C/C=C/C(=O)OC(C)(C)C.C/C=C/C(=O)OCC.C/C=C/C(N)=O.C/C=C/C=C/C.C/C=C/c1ccc(F)cc1.C/C=C/c1ccccc1.C/C=C\C.C=C(C)C.C=C/C=C/C.C=CC.CC.CC(C)C.CC1CC1.CC=C(C)C.CCC.CCCC. The number of nitrogens with two attached hydrogens (primary N) is 1. The van der Waals surface area contributed by atoms with E-state index in [9.17, 15) is 42.7 Å². The number of terminal acetylenes is 1. The highest BCUT2D eigenvalue weighted by atomic mass is 19.1. The van der Waals surface area contributed by atoms with Gasteiger partial charge in [0.2, 0.25) is 17.7 Å². The Morgan fingerprint density at radius 1 is 0.496 bits per heavy atom. The first-order valence-corrected chi connectivity index (χ1v) is 48.0. The number of ketones is 2. The first-order chi connectivity index (χ1) is 64.1. The van der Waals surface area contributed by atoms with Crippen LogP contribution in [0.2, 0.25) is 0 Å². The third-order valence-corrected chi connectivity index (χ3v) is 11.9. The molecule has 3 rings (SSSR count). The van der Waals surface area contributed by atoms with Crippen LogP contribution in [0.4, 0.5) is 4.39 Å². The number of allylic oxidation sites excluding steroid dienone is 29. The summed E-state index contributed by atoms with van der Waals surface area (Å²) >= 11 is 0. The zero-order valence-corrected chi connectivity index (χ0v) is 95.9. The molecule has 0 saturated heterocycles. The maximum absolute atomic E-state index is 12.3. The molecule has 2 N–H and O–H groups in total. The summed E-state index contributed by atoms with van der Waals surface area (Å²) in [5.41, 5.74) is 9.14. The molecule has 3 amide bonds. The highest BCUT2D eigenvalue weighted by Crippen LogP contribution is 2.26. The molecule has 1 saturated carbocycles. The lowest BCUT2D eigenvalue weighted by Gasteiger charge is -2.17. The lowest BCUT2D eigenvalue weighted by Crippen LogP contribution is -2.28. The van der Waals surface area contributed by atoms with Gasteiger partial charge >= 0.3 is 17.9 Å². The van der Waals surface area contributed by atoms with Crippen LogP contribution in [0.15, 0.2) is 286 Å². The number of likely N-dealkylation sites (N-methyl/N-ethyl adjacent to an activating group) is 2. The smallest absolute Gasteiger partial charge is 0.330 e. The van der Waals surface area contributed by atoms with Gasteiger partial charge in [-0.1, -0.05) is 347 Å². The average molecular weight is 1920 g/mol. The first kappa shape index (κ1) is 178. The number of carbonyl (C=O) groups is 8. The van der Waals surface area contributed by atoms with Crippen LogP contribution in [0.3, 0.4) is 0 Å².